The number of ether oxygens (including phenoxy) is 2. The summed E-state index contributed by atoms with van der Waals surface area (Å²) in [5.74, 6) is 1.31. The molecule has 0 bridgehead atoms. The minimum Gasteiger partial charge on any atom is -0.496 e. The van der Waals surface area contributed by atoms with Gasteiger partial charge in [-0.1, -0.05) is 30.3 Å². The SMILES string of the molecule is COc1cccc2[nH]cc(C3(c4c[nH]c5cccc(OC)c45)C(=O)Nc4ccccc43)c12. The minimum absolute atomic E-state index is 0.114. The smallest absolute Gasteiger partial charge is 0.244 e. The molecule has 3 N–H and O–H groups in total. The third kappa shape index (κ3) is 2.21. The van der Waals surface area contributed by atoms with Crippen LogP contribution in [0.25, 0.3) is 21.8 Å². The predicted octanol–water partition coefficient (Wildman–Crippen LogP) is 4.95. The van der Waals surface area contributed by atoms with Crippen LogP contribution >= 0.6 is 0 Å². The summed E-state index contributed by atoms with van der Waals surface area (Å²) in [6.45, 7) is 0. The van der Waals surface area contributed by atoms with E-state index in [1.165, 1.54) is 0 Å². The van der Waals surface area contributed by atoms with E-state index >= 15 is 0 Å². The van der Waals surface area contributed by atoms with Gasteiger partial charge in [-0.25, -0.2) is 0 Å². The third-order valence-electron chi connectivity index (χ3n) is 6.50. The van der Waals surface area contributed by atoms with Gasteiger partial charge in [0, 0.05) is 56.6 Å². The number of methoxy groups -OCH3 is 2. The standard InChI is InChI=1S/C26H21N3O3/c1-31-21-11-5-9-19-23(21)16(13-27-19)26(15-7-3-4-8-18(15)29-25(26)30)17-14-28-20-10-6-12-22(32-2)24(17)20/h3-14,27-28H,1-2H3,(H,29,30). The van der Waals surface area contributed by atoms with Crippen molar-refractivity contribution in [1.82, 2.24) is 9.97 Å². The summed E-state index contributed by atoms with van der Waals surface area (Å²) < 4.78 is 11.4. The van der Waals surface area contributed by atoms with Gasteiger partial charge in [-0.2, -0.15) is 0 Å². The molecule has 0 saturated carbocycles. The average molecular weight is 423 g/mol. The normalized spacial score (nSPS) is 14.5. The second kappa shape index (κ2) is 6.65. The Balaban J connectivity index is 1.82. The molecule has 3 aromatic carbocycles. The minimum atomic E-state index is -1.10. The Labute approximate surface area is 184 Å². The van der Waals surface area contributed by atoms with Gasteiger partial charge in [-0.15, -0.1) is 0 Å². The van der Waals surface area contributed by atoms with Crippen molar-refractivity contribution in [3.05, 3.63) is 89.7 Å². The topological polar surface area (TPSA) is 79.1 Å². The maximum absolute atomic E-state index is 14.0. The molecule has 32 heavy (non-hydrogen) atoms. The molecular formula is C26H21N3O3. The fourth-order valence-corrected chi connectivity index (χ4v) is 5.17. The molecule has 6 nitrogen and oxygen atoms in total. The van der Waals surface area contributed by atoms with Crippen molar-refractivity contribution in [3.63, 3.8) is 0 Å². The van der Waals surface area contributed by atoms with Crippen LogP contribution in [0.3, 0.4) is 0 Å². The van der Waals surface area contributed by atoms with Crippen LogP contribution in [0.1, 0.15) is 16.7 Å². The number of anilines is 1. The molecule has 2 aromatic heterocycles. The highest BCUT2D eigenvalue weighted by Crippen LogP contribution is 2.53. The fourth-order valence-electron chi connectivity index (χ4n) is 5.17. The van der Waals surface area contributed by atoms with Crippen LogP contribution in [0.2, 0.25) is 0 Å². The summed E-state index contributed by atoms with van der Waals surface area (Å²) >= 11 is 0. The lowest BCUT2D eigenvalue weighted by Gasteiger charge is -2.28. The van der Waals surface area contributed by atoms with Gasteiger partial charge < -0.3 is 24.8 Å². The van der Waals surface area contributed by atoms with E-state index in [0.717, 1.165) is 44.2 Å². The molecule has 0 saturated heterocycles. The van der Waals surface area contributed by atoms with E-state index in [-0.39, 0.29) is 5.91 Å². The molecular weight excluding hydrogens is 402 g/mol. The number of nitrogens with one attached hydrogen (secondary N) is 3. The van der Waals surface area contributed by atoms with Gasteiger partial charge in [0.2, 0.25) is 5.91 Å². The van der Waals surface area contributed by atoms with Crippen LogP contribution < -0.4 is 14.8 Å². The summed E-state index contributed by atoms with van der Waals surface area (Å²) in [6.07, 6.45) is 3.84. The maximum atomic E-state index is 14.0. The lowest BCUT2D eigenvalue weighted by atomic mass is 9.70. The lowest BCUT2D eigenvalue weighted by molar-refractivity contribution is -0.118. The number of carbonyl (C=O) groups is 1. The number of carbonyl (C=O) groups excluding carboxylic acids is 1. The quantitative estimate of drug-likeness (QED) is 0.383. The van der Waals surface area contributed by atoms with E-state index in [1.807, 2.05) is 73.1 Å². The zero-order valence-corrected chi connectivity index (χ0v) is 17.7. The van der Waals surface area contributed by atoms with Gasteiger partial charge in [0.05, 0.1) is 14.2 Å². The van der Waals surface area contributed by atoms with Crippen LogP contribution in [0.15, 0.2) is 73.1 Å². The van der Waals surface area contributed by atoms with Crippen molar-refractivity contribution in [2.75, 3.05) is 19.5 Å². The number of aromatic amines is 2. The monoisotopic (exact) mass is 423 g/mol. The zero-order chi connectivity index (χ0) is 21.9. The first-order chi connectivity index (χ1) is 15.7. The lowest BCUT2D eigenvalue weighted by Crippen LogP contribution is -2.36. The van der Waals surface area contributed by atoms with Crippen LogP contribution in [-0.2, 0) is 10.2 Å². The molecule has 1 amide bonds. The first-order valence-electron chi connectivity index (χ1n) is 10.4. The zero-order valence-electron chi connectivity index (χ0n) is 17.7. The molecule has 0 spiro atoms. The van der Waals surface area contributed by atoms with Gasteiger partial charge in [-0.05, 0) is 30.3 Å². The first kappa shape index (κ1) is 18.6. The summed E-state index contributed by atoms with van der Waals surface area (Å²) in [6, 6.07) is 19.5. The molecule has 6 heteroatoms. The van der Waals surface area contributed by atoms with Gasteiger partial charge in [0.1, 0.15) is 16.9 Å². The predicted molar refractivity (Wildman–Crippen MR) is 125 cm³/mol. The number of amides is 1. The second-order valence-electron chi connectivity index (χ2n) is 7.92. The molecule has 1 aliphatic heterocycles. The Hall–Kier alpha value is -4.19. The Morgan fingerprint density at radius 1 is 0.688 bits per heavy atom. The molecule has 0 fully saturated rings. The summed E-state index contributed by atoms with van der Waals surface area (Å²) in [4.78, 5) is 20.7. The fraction of sp³-hybridized carbons (Fsp3) is 0.115. The number of aromatic nitrogens is 2. The molecule has 0 unspecified atom stereocenters. The number of benzene rings is 3. The molecule has 5 aromatic rings. The van der Waals surface area contributed by atoms with Crippen LogP contribution in [-0.4, -0.2) is 30.1 Å². The Morgan fingerprint density at radius 2 is 1.25 bits per heavy atom. The van der Waals surface area contributed by atoms with Crippen molar-refractivity contribution >= 4 is 33.4 Å². The van der Waals surface area contributed by atoms with Crippen LogP contribution in [0.4, 0.5) is 5.69 Å². The first-order valence-corrected chi connectivity index (χ1v) is 10.4. The molecule has 0 aliphatic carbocycles. The summed E-state index contributed by atoms with van der Waals surface area (Å²) in [5, 5.41) is 4.88. The Morgan fingerprint density at radius 3 is 1.81 bits per heavy atom. The average Bonchev–Trinajstić information content (AvgIpc) is 3.52. The molecule has 0 radical (unpaired) electrons. The summed E-state index contributed by atoms with van der Waals surface area (Å²) in [5.41, 5.74) is 4.06. The van der Waals surface area contributed by atoms with E-state index in [9.17, 15) is 4.79 Å². The largest absolute Gasteiger partial charge is 0.496 e. The number of para-hydroxylation sites is 1. The second-order valence-corrected chi connectivity index (χ2v) is 7.92. The highest BCUT2D eigenvalue weighted by Gasteiger charge is 2.52. The Kier molecular flexibility index (Phi) is 3.86. The van der Waals surface area contributed by atoms with E-state index in [1.54, 1.807) is 14.2 Å². The highest BCUT2D eigenvalue weighted by atomic mass is 16.5. The van der Waals surface area contributed by atoms with Crippen LogP contribution in [0.5, 0.6) is 11.5 Å². The number of hydrogen-bond donors (Lipinski definition) is 3. The molecule has 1 aliphatic rings. The number of rotatable bonds is 4. The third-order valence-corrected chi connectivity index (χ3v) is 6.50. The highest BCUT2D eigenvalue weighted by molar-refractivity contribution is 6.16. The molecule has 3 heterocycles. The Bertz CT molecular complexity index is 1430. The van der Waals surface area contributed by atoms with Crippen molar-refractivity contribution in [2.45, 2.75) is 5.41 Å². The van der Waals surface area contributed by atoms with E-state index in [2.05, 4.69) is 15.3 Å². The number of hydrogen-bond acceptors (Lipinski definition) is 3. The summed E-state index contributed by atoms with van der Waals surface area (Å²) in [7, 11) is 3.30. The van der Waals surface area contributed by atoms with Gasteiger partial charge in [0.25, 0.3) is 0 Å². The van der Waals surface area contributed by atoms with Crippen LogP contribution in [0, 0.1) is 0 Å². The van der Waals surface area contributed by atoms with Crippen molar-refractivity contribution in [1.29, 1.82) is 0 Å². The van der Waals surface area contributed by atoms with Gasteiger partial charge >= 0.3 is 0 Å². The van der Waals surface area contributed by atoms with Crippen molar-refractivity contribution < 1.29 is 14.3 Å². The number of fused-ring (bicyclic) bond motifs is 3. The van der Waals surface area contributed by atoms with Gasteiger partial charge in [0.15, 0.2) is 0 Å². The van der Waals surface area contributed by atoms with Crippen molar-refractivity contribution in [2.24, 2.45) is 0 Å². The van der Waals surface area contributed by atoms with E-state index in [0.29, 0.717) is 11.5 Å². The maximum Gasteiger partial charge on any atom is 0.244 e. The molecule has 6 rings (SSSR count). The van der Waals surface area contributed by atoms with E-state index in [4.69, 9.17) is 9.47 Å². The molecule has 0 atom stereocenters. The van der Waals surface area contributed by atoms with Crippen molar-refractivity contribution in [3.8, 4) is 11.5 Å². The molecule has 158 valence electrons. The van der Waals surface area contributed by atoms with E-state index < -0.39 is 5.41 Å². The number of H-pyrrole nitrogens is 2. The van der Waals surface area contributed by atoms with Gasteiger partial charge in [-0.3, -0.25) is 4.79 Å².